The fourth-order valence-corrected chi connectivity index (χ4v) is 10.2. The molecular weight excluding hydrogens is 1090 g/mol. The zero-order chi connectivity index (χ0) is 49.2. The molecule has 0 bridgehead atoms. The van der Waals surface area contributed by atoms with Gasteiger partial charge in [-0.25, -0.2) is 0 Å². The second-order valence-electron chi connectivity index (χ2n) is 18.5. The molecule has 0 saturated heterocycles. The first-order chi connectivity index (χ1) is 36.7. The molecule has 0 spiro atoms. The maximum absolute atomic E-state index is 6.47. The van der Waals surface area contributed by atoms with Crippen molar-refractivity contribution in [3.05, 3.63) is 279 Å². The third-order valence-electron chi connectivity index (χ3n) is 13.9. The van der Waals surface area contributed by atoms with Gasteiger partial charge in [-0.15, -0.1) is 89.0 Å². The predicted octanol–water partition coefficient (Wildman–Crippen LogP) is 17.1. The molecule has 75 heavy (non-hydrogen) atoms. The Bertz CT molecular complexity index is 4110. The maximum atomic E-state index is 6.47. The fourth-order valence-electron chi connectivity index (χ4n) is 10.2. The summed E-state index contributed by atoms with van der Waals surface area (Å²) in [7, 11) is 0. The topological polar surface area (TPSA) is 56.7 Å². The van der Waals surface area contributed by atoms with E-state index >= 15 is 0 Å². The van der Waals surface area contributed by atoms with E-state index < -0.39 is 0 Å². The Morgan fingerprint density at radius 1 is 0.373 bits per heavy atom. The van der Waals surface area contributed by atoms with Crippen LogP contribution >= 0.6 is 0 Å². The Hall–Kier alpha value is -9.06. The number of imidazole rings is 1. The summed E-state index contributed by atoms with van der Waals surface area (Å²) < 4.78 is 8.58. The van der Waals surface area contributed by atoms with Crippen LogP contribution in [-0.4, -0.2) is 19.5 Å². The molecule has 9 aromatic carbocycles. The summed E-state index contributed by atoms with van der Waals surface area (Å²) in [5.74, 6) is 0.864. The van der Waals surface area contributed by atoms with Gasteiger partial charge in [-0.2, -0.15) is 0 Å². The van der Waals surface area contributed by atoms with Gasteiger partial charge in [-0.3, -0.25) is 4.98 Å². The monoisotopic (exact) mass is 1140 g/mol. The van der Waals surface area contributed by atoms with Crippen molar-refractivity contribution in [1.82, 2.24) is 19.5 Å². The van der Waals surface area contributed by atoms with Crippen molar-refractivity contribution >= 4 is 21.9 Å². The van der Waals surface area contributed by atoms with Crippen LogP contribution in [-0.2, 0) is 32.9 Å². The number of para-hydroxylation sites is 2. The number of hydrogen-bond donors (Lipinski definition) is 0. The predicted molar refractivity (Wildman–Crippen MR) is 300 cm³/mol. The van der Waals surface area contributed by atoms with Crippen molar-refractivity contribution in [2.24, 2.45) is 0 Å². The Balaban J connectivity index is 0.00000569. The zero-order valence-electron chi connectivity index (χ0n) is 40.6. The number of benzene rings is 9. The standard InChI is InChI=1S/C69H45N4O.Ir/c1-2-14-56(15-3-1)73-41-40-72-69(73)51-28-26-47(27-29-51)24-25-48-42-54(58-17-5-4-16-57(58)49-30-32-50(33-31-49)65-21-10-12-38-70-65)44-55(43-48)59-18-6-7-19-60(59)61-36-35-53(66-22-11-13-39-71-66)45-64(61)52-34-37-63-62-20-8-9-23-67(62)74-68(63)46-52;/h1-23,26-28,30-32,34,36-46H,24-25H2;/q-3;+3. The van der Waals surface area contributed by atoms with Crippen molar-refractivity contribution in [2.75, 3.05) is 0 Å². The Kier molecular flexibility index (Phi) is 13.0. The Morgan fingerprint density at radius 3 is 1.71 bits per heavy atom. The first-order valence-electron chi connectivity index (χ1n) is 24.9. The van der Waals surface area contributed by atoms with E-state index in [4.69, 9.17) is 14.4 Å². The molecule has 0 atom stereocenters. The average Bonchev–Trinajstić information content (AvgIpc) is 4.14. The molecule has 0 N–H and O–H groups in total. The Morgan fingerprint density at radius 2 is 0.987 bits per heavy atom. The van der Waals surface area contributed by atoms with Gasteiger partial charge in [-0.05, 0) is 99.7 Å². The van der Waals surface area contributed by atoms with Gasteiger partial charge in [0.15, 0.2) is 0 Å². The zero-order valence-corrected chi connectivity index (χ0v) is 43.0. The van der Waals surface area contributed by atoms with Crippen molar-refractivity contribution in [2.45, 2.75) is 12.8 Å². The molecule has 356 valence electrons. The number of furan rings is 1. The molecule has 4 aromatic heterocycles. The summed E-state index contributed by atoms with van der Waals surface area (Å²) in [5, 5.41) is 2.20. The van der Waals surface area contributed by atoms with E-state index in [1.54, 1.807) is 0 Å². The van der Waals surface area contributed by atoms with Crippen molar-refractivity contribution in [3.8, 4) is 95.2 Å². The number of aromatic nitrogens is 4. The minimum absolute atomic E-state index is 0. The largest absolute Gasteiger partial charge is 3.00 e. The summed E-state index contributed by atoms with van der Waals surface area (Å²) in [4.78, 5) is 14.0. The van der Waals surface area contributed by atoms with E-state index in [9.17, 15) is 0 Å². The van der Waals surface area contributed by atoms with Gasteiger partial charge in [0.25, 0.3) is 0 Å². The second kappa shape index (κ2) is 20.8. The smallest absolute Gasteiger partial charge is 0.456 e. The van der Waals surface area contributed by atoms with Crippen LogP contribution in [0.5, 0.6) is 0 Å². The molecule has 0 aliphatic heterocycles. The van der Waals surface area contributed by atoms with Gasteiger partial charge in [-0.1, -0.05) is 162 Å². The number of pyridine rings is 2. The average molecular weight is 1140 g/mol. The van der Waals surface area contributed by atoms with Gasteiger partial charge in [0.05, 0.1) is 5.82 Å². The molecule has 0 fully saturated rings. The van der Waals surface area contributed by atoms with Crippen LogP contribution in [0.1, 0.15) is 11.1 Å². The third-order valence-corrected chi connectivity index (χ3v) is 13.9. The van der Waals surface area contributed by atoms with Gasteiger partial charge in [0.1, 0.15) is 11.2 Å². The second-order valence-corrected chi connectivity index (χ2v) is 18.5. The van der Waals surface area contributed by atoms with E-state index in [1.165, 1.54) is 11.1 Å². The summed E-state index contributed by atoms with van der Waals surface area (Å²) in [5.41, 5.74) is 20.9. The molecule has 0 saturated carbocycles. The minimum atomic E-state index is 0. The minimum Gasteiger partial charge on any atom is -0.456 e. The number of fused-ring (bicyclic) bond motifs is 3. The molecule has 5 nitrogen and oxygen atoms in total. The van der Waals surface area contributed by atoms with Crippen LogP contribution in [0.3, 0.4) is 0 Å². The van der Waals surface area contributed by atoms with Crippen molar-refractivity contribution in [3.63, 3.8) is 0 Å². The van der Waals surface area contributed by atoms with Crippen LogP contribution in [0.25, 0.3) is 117 Å². The quantitative estimate of drug-likeness (QED) is 0.114. The van der Waals surface area contributed by atoms with Gasteiger partial charge < -0.3 is 19.0 Å². The molecule has 0 radical (unpaired) electrons. The third kappa shape index (κ3) is 9.46. The fraction of sp³-hybridized carbons (Fsp3) is 0.0290. The normalized spacial score (nSPS) is 11.2. The van der Waals surface area contributed by atoms with E-state index in [1.807, 2.05) is 91.5 Å². The molecule has 4 heterocycles. The molecule has 0 amide bonds. The molecule has 0 aliphatic rings. The number of hydrogen-bond acceptors (Lipinski definition) is 4. The summed E-state index contributed by atoms with van der Waals surface area (Å²) in [6.07, 6.45) is 9.15. The van der Waals surface area contributed by atoms with E-state index in [-0.39, 0.29) is 20.1 Å². The van der Waals surface area contributed by atoms with Crippen LogP contribution in [0.15, 0.2) is 254 Å². The first kappa shape index (κ1) is 47.0. The van der Waals surface area contributed by atoms with Crippen LogP contribution in [0, 0.1) is 18.2 Å². The number of nitrogens with zero attached hydrogens (tertiary/aromatic N) is 4. The SMILES string of the molecule is [Ir+3].[c-]1cc(-c2ccccc2-c2cc(CCc3c[c-]c(-c4nccn4-c4ccccc4)cc3)cc(-c3ccccc3-c3c[c-]c(-c4ccccn4)cc3-c3ccc4c(c3)oc3ccccc34)c2)ccc1-c1ccccn1. The molecule has 0 aliphatic carbocycles. The Labute approximate surface area is 449 Å². The van der Waals surface area contributed by atoms with Crippen LogP contribution < -0.4 is 0 Å². The molecular formula is C69H45IrN4O. The van der Waals surface area contributed by atoms with Crippen molar-refractivity contribution < 1.29 is 24.5 Å². The van der Waals surface area contributed by atoms with E-state index in [0.717, 1.165) is 130 Å². The summed E-state index contributed by atoms with van der Waals surface area (Å²) in [6, 6.07) is 89.6. The van der Waals surface area contributed by atoms with E-state index in [0.29, 0.717) is 0 Å². The van der Waals surface area contributed by atoms with Crippen LogP contribution in [0.2, 0.25) is 0 Å². The number of rotatable bonds is 12. The van der Waals surface area contributed by atoms with Gasteiger partial charge >= 0.3 is 20.1 Å². The molecule has 13 rings (SSSR count). The van der Waals surface area contributed by atoms with Crippen molar-refractivity contribution in [1.29, 1.82) is 0 Å². The van der Waals surface area contributed by atoms with Gasteiger partial charge in [0, 0.05) is 41.2 Å². The van der Waals surface area contributed by atoms with E-state index in [2.05, 4.69) is 185 Å². The molecule has 6 heteroatoms. The maximum Gasteiger partial charge on any atom is 3.00 e. The molecule has 0 unspecified atom stereocenters. The summed E-state index contributed by atoms with van der Waals surface area (Å²) >= 11 is 0. The molecule has 13 aromatic rings. The number of aryl methyl sites for hydroxylation is 2. The van der Waals surface area contributed by atoms with Gasteiger partial charge in [0.2, 0.25) is 0 Å². The van der Waals surface area contributed by atoms with Crippen LogP contribution in [0.4, 0.5) is 0 Å². The first-order valence-corrected chi connectivity index (χ1v) is 24.9. The summed E-state index contributed by atoms with van der Waals surface area (Å²) in [6.45, 7) is 0.